The highest BCUT2D eigenvalue weighted by Gasteiger charge is 2.37. The molecule has 0 atom stereocenters. The van der Waals surface area contributed by atoms with Gasteiger partial charge in [-0.15, -0.1) is 0 Å². The maximum absolute atomic E-state index is 13.5. The van der Waals surface area contributed by atoms with Gasteiger partial charge in [0.2, 0.25) is 0 Å². The van der Waals surface area contributed by atoms with Crippen LogP contribution < -0.4 is 34.5 Å². The molecule has 5 amide bonds. The van der Waals surface area contributed by atoms with Gasteiger partial charge in [0.05, 0.1) is 29.6 Å². The van der Waals surface area contributed by atoms with Crippen molar-refractivity contribution < 1.29 is 38.1 Å². The van der Waals surface area contributed by atoms with Crippen LogP contribution in [0.25, 0.3) is 6.08 Å². The number of halogens is 1. The number of methoxy groups -OCH3 is 1. The zero-order chi connectivity index (χ0) is 31.8. The largest absolute Gasteiger partial charge is 0.493 e. The van der Waals surface area contributed by atoms with Crippen molar-refractivity contribution in [1.29, 1.82) is 0 Å². The maximum atomic E-state index is 13.5. The molecule has 1 aliphatic heterocycles. The molecule has 0 aromatic heterocycles. The summed E-state index contributed by atoms with van der Waals surface area (Å²) in [5.74, 6) is -0.563. The van der Waals surface area contributed by atoms with E-state index in [4.69, 9.17) is 18.9 Å². The molecular formula is C32H32IN3O8. The Balaban J connectivity index is 1.58. The first-order valence-corrected chi connectivity index (χ1v) is 14.9. The van der Waals surface area contributed by atoms with Crippen molar-refractivity contribution in [2.75, 3.05) is 37.1 Å². The molecule has 0 aliphatic carbocycles. The van der Waals surface area contributed by atoms with Crippen molar-refractivity contribution in [3.63, 3.8) is 0 Å². The number of barbiturate groups is 1. The van der Waals surface area contributed by atoms with E-state index in [1.807, 2.05) is 48.6 Å². The van der Waals surface area contributed by atoms with Crippen molar-refractivity contribution in [2.24, 2.45) is 0 Å². The number of hydrogen-bond acceptors (Lipinski definition) is 8. The summed E-state index contributed by atoms with van der Waals surface area (Å²) in [7, 11) is 1.45. The van der Waals surface area contributed by atoms with E-state index in [-0.39, 0.29) is 23.8 Å². The number of ether oxygens (including phenoxy) is 4. The molecule has 0 bridgehead atoms. The Bertz CT molecular complexity index is 1600. The second kappa shape index (κ2) is 14.7. The van der Waals surface area contributed by atoms with Crippen molar-refractivity contribution in [2.45, 2.75) is 27.2 Å². The minimum absolute atomic E-state index is 0.198. The van der Waals surface area contributed by atoms with Crippen LogP contribution in [0.4, 0.5) is 16.2 Å². The number of carbonyl (C=O) groups is 4. The van der Waals surface area contributed by atoms with Crippen LogP contribution in [0.15, 0.2) is 60.2 Å². The number of nitrogens with zero attached hydrogens (tertiary/aromatic N) is 1. The highest BCUT2D eigenvalue weighted by atomic mass is 127. The molecule has 12 heteroatoms. The van der Waals surface area contributed by atoms with E-state index in [1.165, 1.54) is 25.3 Å². The number of urea groups is 1. The molecule has 0 radical (unpaired) electrons. The summed E-state index contributed by atoms with van der Waals surface area (Å²) in [5, 5.41) is 5.00. The molecule has 1 heterocycles. The first-order valence-electron chi connectivity index (χ1n) is 13.8. The number of amides is 5. The number of hydrogen-bond donors (Lipinski definition) is 2. The smallest absolute Gasteiger partial charge is 0.335 e. The molecule has 11 nitrogen and oxygen atoms in total. The second-order valence-electron chi connectivity index (χ2n) is 9.61. The molecule has 3 aromatic carbocycles. The number of rotatable bonds is 12. The number of aryl methyl sites for hydroxylation is 1. The molecule has 0 saturated carbocycles. The van der Waals surface area contributed by atoms with Gasteiger partial charge in [0.15, 0.2) is 29.6 Å². The molecule has 0 spiro atoms. The molecule has 1 saturated heterocycles. The standard InChI is InChI=1S/C32H32IN3O8/c1-5-13-43-25-12-11-22(17-26(25)41-4)36-31(39)23(30(38)35-32(36)40)14-20-15-24(33)29(27(16-20)42-6-2)44-18-28(37)34-21-9-7-19(3)8-10-21/h7-12,14-17H,5-6,13,18H2,1-4H3,(H,34,37)(H,35,38,40)/b23-14+. The summed E-state index contributed by atoms with van der Waals surface area (Å²) < 4.78 is 23.2. The fraction of sp³-hybridized carbons (Fsp3) is 0.250. The lowest BCUT2D eigenvalue weighted by Gasteiger charge is -2.27. The minimum atomic E-state index is -0.890. The topological polar surface area (TPSA) is 132 Å². The Morgan fingerprint density at radius 2 is 1.70 bits per heavy atom. The number of carbonyl (C=O) groups excluding carboxylic acids is 4. The van der Waals surface area contributed by atoms with E-state index in [2.05, 4.69) is 10.6 Å². The molecular weight excluding hydrogens is 681 g/mol. The molecule has 4 rings (SSSR count). The van der Waals surface area contributed by atoms with E-state index in [9.17, 15) is 19.2 Å². The summed E-state index contributed by atoms with van der Waals surface area (Å²) in [6.07, 6.45) is 2.15. The highest BCUT2D eigenvalue weighted by molar-refractivity contribution is 14.1. The lowest BCUT2D eigenvalue weighted by molar-refractivity contribution is -0.122. The Hall–Kier alpha value is -4.59. The van der Waals surface area contributed by atoms with Gasteiger partial charge in [-0.25, -0.2) is 9.69 Å². The monoisotopic (exact) mass is 713 g/mol. The molecule has 1 fully saturated rings. The first-order chi connectivity index (χ1) is 21.1. The number of benzene rings is 3. The van der Waals surface area contributed by atoms with Crippen LogP contribution >= 0.6 is 22.6 Å². The summed E-state index contributed by atoms with van der Waals surface area (Å²) >= 11 is 2.03. The molecule has 1 aliphatic rings. The number of anilines is 2. The average Bonchev–Trinajstić information content (AvgIpc) is 2.99. The molecule has 44 heavy (non-hydrogen) atoms. The van der Waals surface area contributed by atoms with Crippen LogP contribution in [0.1, 0.15) is 31.4 Å². The van der Waals surface area contributed by atoms with Gasteiger partial charge in [0.25, 0.3) is 17.7 Å². The zero-order valence-electron chi connectivity index (χ0n) is 24.7. The molecule has 0 unspecified atom stereocenters. The third kappa shape index (κ3) is 7.67. The SMILES string of the molecule is CCCOc1ccc(N2C(=O)NC(=O)/C(=C\c3cc(I)c(OCC(=O)Nc4ccc(C)cc4)c(OCC)c3)C2=O)cc1OC. The highest BCUT2D eigenvalue weighted by Crippen LogP contribution is 2.36. The normalized spacial score (nSPS) is 13.9. The fourth-order valence-corrected chi connectivity index (χ4v) is 5.01. The minimum Gasteiger partial charge on any atom is -0.493 e. The predicted octanol–water partition coefficient (Wildman–Crippen LogP) is 5.48. The van der Waals surface area contributed by atoms with Crippen LogP contribution in [-0.2, 0) is 14.4 Å². The number of nitrogens with one attached hydrogen (secondary N) is 2. The van der Waals surface area contributed by atoms with Crippen molar-refractivity contribution >= 4 is 63.8 Å². The maximum Gasteiger partial charge on any atom is 0.335 e. The van der Waals surface area contributed by atoms with E-state index in [0.717, 1.165) is 16.9 Å². The quantitative estimate of drug-likeness (QED) is 0.143. The lowest BCUT2D eigenvalue weighted by Crippen LogP contribution is -2.54. The molecule has 2 N–H and O–H groups in total. The fourth-order valence-electron chi connectivity index (χ4n) is 4.23. The Labute approximate surface area is 268 Å². The van der Waals surface area contributed by atoms with Crippen LogP contribution in [0, 0.1) is 10.5 Å². The molecule has 230 valence electrons. The zero-order valence-corrected chi connectivity index (χ0v) is 26.9. The van der Waals surface area contributed by atoms with Gasteiger partial charge in [-0.2, -0.15) is 0 Å². The van der Waals surface area contributed by atoms with Crippen LogP contribution in [-0.4, -0.2) is 50.7 Å². The number of imide groups is 2. The van der Waals surface area contributed by atoms with Crippen molar-refractivity contribution in [3.8, 4) is 23.0 Å². The Morgan fingerprint density at radius 1 is 0.955 bits per heavy atom. The van der Waals surface area contributed by atoms with Gasteiger partial charge >= 0.3 is 6.03 Å². The average molecular weight is 714 g/mol. The van der Waals surface area contributed by atoms with Crippen LogP contribution in [0.2, 0.25) is 0 Å². The van der Waals surface area contributed by atoms with E-state index in [0.29, 0.717) is 51.0 Å². The Morgan fingerprint density at radius 3 is 2.39 bits per heavy atom. The van der Waals surface area contributed by atoms with E-state index >= 15 is 0 Å². The lowest BCUT2D eigenvalue weighted by atomic mass is 10.1. The third-order valence-corrected chi connectivity index (χ3v) is 7.10. The van der Waals surface area contributed by atoms with Gasteiger partial charge < -0.3 is 24.3 Å². The predicted molar refractivity (Wildman–Crippen MR) is 173 cm³/mol. The summed E-state index contributed by atoms with van der Waals surface area (Å²) in [4.78, 5) is 52.5. The van der Waals surface area contributed by atoms with Crippen molar-refractivity contribution in [1.82, 2.24) is 5.32 Å². The van der Waals surface area contributed by atoms with Crippen molar-refractivity contribution in [3.05, 3.63) is 74.9 Å². The summed E-state index contributed by atoms with van der Waals surface area (Å²) in [6, 6.07) is 14.4. The van der Waals surface area contributed by atoms with Gasteiger partial charge in [-0.3, -0.25) is 19.7 Å². The van der Waals surface area contributed by atoms with E-state index < -0.39 is 17.8 Å². The first kappa shape index (κ1) is 32.3. The molecule has 3 aromatic rings. The van der Waals surface area contributed by atoms with Gasteiger partial charge in [-0.1, -0.05) is 24.6 Å². The second-order valence-corrected chi connectivity index (χ2v) is 10.8. The summed E-state index contributed by atoms with van der Waals surface area (Å²) in [5.41, 5.74) is 2.10. The van der Waals surface area contributed by atoms with Crippen LogP contribution in [0.3, 0.4) is 0 Å². The van der Waals surface area contributed by atoms with Gasteiger partial charge in [0.1, 0.15) is 5.57 Å². The third-order valence-electron chi connectivity index (χ3n) is 6.29. The summed E-state index contributed by atoms with van der Waals surface area (Å²) in [6.45, 7) is 6.20. The van der Waals surface area contributed by atoms with Crippen LogP contribution in [0.5, 0.6) is 23.0 Å². The van der Waals surface area contributed by atoms with Gasteiger partial charge in [0, 0.05) is 11.8 Å². The Kier molecular flexibility index (Phi) is 10.8. The van der Waals surface area contributed by atoms with E-state index in [1.54, 1.807) is 37.3 Å². The van der Waals surface area contributed by atoms with Gasteiger partial charge in [-0.05, 0) is 90.9 Å².